The zero-order chi connectivity index (χ0) is 11.4. The van der Waals surface area contributed by atoms with Crippen LogP contribution in [0.1, 0.15) is 6.42 Å². The van der Waals surface area contributed by atoms with Crippen LogP contribution >= 0.6 is 12.4 Å². The van der Waals surface area contributed by atoms with Crippen molar-refractivity contribution >= 4 is 12.4 Å². The normalized spacial score (nSPS) is 18.4. The van der Waals surface area contributed by atoms with E-state index < -0.39 is 0 Å². The monoisotopic (exact) mass is 259 g/mol. The van der Waals surface area contributed by atoms with Crippen molar-refractivity contribution in [1.82, 2.24) is 5.32 Å². The minimum Gasteiger partial charge on any atom is -0.493 e. The van der Waals surface area contributed by atoms with Crippen molar-refractivity contribution < 1.29 is 14.2 Å². The molecule has 0 unspecified atom stereocenters. The third-order valence-electron chi connectivity index (χ3n) is 2.67. The van der Waals surface area contributed by atoms with Crippen LogP contribution < -0.4 is 19.5 Å². The topological polar surface area (TPSA) is 39.7 Å². The summed E-state index contributed by atoms with van der Waals surface area (Å²) >= 11 is 0. The Kier molecular flexibility index (Phi) is 5.38. The molecule has 1 aromatic rings. The molecule has 5 heteroatoms. The van der Waals surface area contributed by atoms with Gasteiger partial charge in [0, 0.05) is 12.6 Å². The van der Waals surface area contributed by atoms with E-state index in [-0.39, 0.29) is 18.5 Å². The fourth-order valence-corrected chi connectivity index (χ4v) is 1.81. The Labute approximate surface area is 108 Å². The average Bonchev–Trinajstić information content (AvgIpc) is 2.81. The lowest BCUT2D eigenvalue weighted by Crippen LogP contribution is -2.19. The Bertz CT molecular complexity index is 354. The highest BCUT2D eigenvalue weighted by Crippen LogP contribution is 2.31. The van der Waals surface area contributed by atoms with E-state index in [1.165, 1.54) is 0 Å². The lowest BCUT2D eigenvalue weighted by Gasteiger charge is -2.14. The molecule has 1 heterocycles. The van der Waals surface area contributed by atoms with Gasteiger partial charge < -0.3 is 19.5 Å². The minimum atomic E-state index is 0. The summed E-state index contributed by atoms with van der Waals surface area (Å²) in [4.78, 5) is 0. The zero-order valence-corrected chi connectivity index (χ0v) is 10.9. The quantitative estimate of drug-likeness (QED) is 0.896. The molecule has 2 rings (SSSR count). The summed E-state index contributed by atoms with van der Waals surface area (Å²) in [6.07, 6.45) is 1.31. The Morgan fingerprint density at radius 1 is 1.18 bits per heavy atom. The van der Waals surface area contributed by atoms with Crippen molar-refractivity contribution in [3.63, 3.8) is 0 Å². The van der Waals surface area contributed by atoms with Crippen LogP contribution in [0.4, 0.5) is 0 Å². The van der Waals surface area contributed by atoms with Gasteiger partial charge in [0.2, 0.25) is 0 Å². The van der Waals surface area contributed by atoms with Gasteiger partial charge in [-0.2, -0.15) is 0 Å². The summed E-state index contributed by atoms with van der Waals surface area (Å²) in [5.41, 5.74) is 0. The molecule has 0 saturated carbocycles. The third kappa shape index (κ3) is 3.41. The Hall–Kier alpha value is -1.13. The molecule has 0 aromatic heterocycles. The fraction of sp³-hybridized carbons (Fsp3) is 0.500. The molecular formula is C12H18ClNO3. The second-order valence-corrected chi connectivity index (χ2v) is 3.75. The van der Waals surface area contributed by atoms with Gasteiger partial charge in [-0.3, -0.25) is 0 Å². The summed E-state index contributed by atoms with van der Waals surface area (Å²) in [5, 5.41) is 3.26. The number of nitrogens with one attached hydrogen (secondary N) is 1. The number of hydrogen-bond acceptors (Lipinski definition) is 4. The molecule has 1 saturated heterocycles. The van der Waals surface area contributed by atoms with Gasteiger partial charge in [-0.05, 0) is 25.1 Å². The first-order valence-electron chi connectivity index (χ1n) is 5.43. The molecule has 4 nitrogen and oxygen atoms in total. The van der Waals surface area contributed by atoms with Gasteiger partial charge >= 0.3 is 0 Å². The average molecular weight is 260 g/mol. The van der Waals surface area contributed by atoms with Gasteiger partial charge in [-0.25, -0.2) is 0 Å². The molecule has 1 aliphatic rings. The summed E-state index contributed by atoms with van der Waals surface area (Å²) in [6, 6.07) is 5.62. The number of rotatable bonds is 4. The first-order valence-corrected chi connectivity index (χ1v) is 5.43. The Morgan fingerprint density at radius 2 is 1.94 bits per heavy atom. The smallest absolute Gasteiger partial charge is 0.164 e. The Morgan fingerprint density at radius 3 is 2.53 bits per heavy atom. The summed E-state index contributed by atoms with van der Waals surface area (Å²) < 4.78 is 16.2. The van der Waals surface area contributed by atoms with Crippen molar-refractivity contribution in [1.29, 1.82) is 0 Å². The van der Waals surface area contributed by atoms with E-state index in [0.717, 1.165) is 31.0 Å². The molecule has 1 aromatic carbocycles. The van der Waals surface area contributed by atoms with E-state index >= 15 is 0 Å². The molecule has 1 aliphatic heterocycles. The van der Waals surface area contributed by atoms with Crippen LogP contribution in [-0.2, 0) is 0 Å². The van der Waals surface area contributed by atoms with Crippen LogP contribution in [0.5, 0.6) is 17.2 Å². The van der Waals surface area contributed by atoms with Gasteiger partial charge in [-0.15, -0.1) is 12.4 Å². The summed E-state index contributed by atoms with van der Waals surface area (Å²) in [5.74, 6) is 2.25. The van der Waals surface area contributed by atoms with Crippen molar-refractivity contribution in [2.45, 2.75) is 12.5 Å². The van der Waals surface area contributed by atoms with Crippen molar-refractivity contribution in [3.05, 3.63) is 18.2 Å². The van der Waals surface area contributed by atoms with Crippen LogP contribution in [-0.4, -0.2) is 33.4 Å². The van der Waals surface area contributed by atoms with E-state index in [0.29, 0.717) is 5.75 Å². The molecular weight excluding hydrogens is 242 g/mol. The van der Waals surface area contributed by atoms with Crippen molar-refractivity contribution in [2.75, 3.05) is 27.3 Å². The van der Waals surface area contributed by atoms with E-state index in [1.807, 2.05) is 18.2 Å². The van der Waals surface area contributed by atoms with E-state index in [9.17, 15) is 0 Å². The van der Waals surface area contributed by atoms with E-state index in [2.05, 4.69) is 5.32 Å². The maximum Gasteiger partial charge on any atom is 0.164 e. The fourth-order valence-electron chi connectivity index (χ4n) is 1.81. The van der Waals surface area contributed by atoms with E-state index in [4.69, 9.17) is 14.2 Å². The molecule has 1 fully saturated rings. The first-order chi connectivity index (χ1) is 7.83. The highest BCUT2D eigenvalue weighted by Gasteiger charge is 2.16. The SMILES string of the molecule is COc1ccc(O[C@@H]2CCNC2)cc1OC.Cl. The third-order valence-corrected chi connectivity index (χ3v) is 2.67. The molecule has 1 N–H and O–H groups in total. The van der Waals surface area contributed by atoms with Gasteiger partial charge in [0.25, 0.3) is 0 Å². The molecule has 0 amide bonds. The number of hydrogen-bond donors (Lipinski definition) is 1. The second-order valence-electron chi connectivity index (χ2n) is 3.75. The number of methoxy groups -OCH3 is 2. The number of ether oxygens (including phenoxy) is 3. The van der Waals surface area contributed by atoms with Crippen LogP contribution in [0.15, 0.2) is 18.2 Å². The van der Waals surface area contributed by atoms with Crippen LogP contribution in [0.2, 0.25) is 0 Å². The van der Waals surface area contributed by atoms with Gasteiger partial charge in [0.1, 0.15) is 11.9 Å². The Balaban J connectivity index is 0.00000144. The highest BCUT2D eigenvalue weighted by atomic mass is 35.5. The summed E-state index contributed by atoms with van der Waals surface area (Å²) in [6.45, 7) is 1.94. The molecule has 0 bridgehead atoms. The zero-order valence-electron chi connectivity index (χ0n) is 10.1. The minimum absolute atomic E-state index is 0. The van der Waals surface area contributed by atoms with E-state index in [1.54, 1.807) is 14.2 Å². The van der Waals surface area contributed by atoms with Crippen LogP contribution in [0.25, 0.3) is 0 Å². The van der Waals surface area contributed by atoms with Gasteiger partial charge in [0.15, 0.2) is 11.5 Å². The second kappa shape index (κ2) is 6.57. The maximum atomic E-state index is 5.82. The van der Waals surface area contributed by atoms with Crippen LogP contribution in [0, 0.1) is 0 Å². The van der Waals surface area contributed by atoms with Crippen LogP contribution in [0.3, 0.4) is 0 Å². The standard InChI is InChI=1S/C12H17NO3.ClH/c1-14-11-4-3-9(7-12(11)15-2)16-10-5-6-13-8-10;/h3-4,7,10,13H,5-6,8H2,1-2H3;1H/t10-;/m1./s1. The highest BCUT2D eigenvalue weighted by molar-refractivity contribution is 5.85. The van der Waals surface area contributed by atoms with Crippen molar-refractivity contribution in [3.8, 4) is 17.2 Å². The predicted octanol–water partition coefficient (Wildman–Crippen LogP) is 1.87. The number of halogens is 1. The first kappa shape index (κ1) is 13.9. The lowest BCUT2D eigenvalue weighted by molar-refractivity contribution is 0.221. The lowest BCUT2D eigenvalue weighted by atomic mass is 10.2. The molecule has 17 heavy (non-hydrogen) atoms. The molecule has 0 spiro atoms. The van der Waals surface area contributed by atoms with Gasteiger partial charge in [-0.1, -0.05) is 0 Å². The molecule has 96 valence electrons. The van der Waals surface area contributed by atoms with Gasteiger partial charge in [0.05, 0.1) is 14.2 Å². The molecule has 0 radical (unpaired) electrons. The number of benzene rings is 1. The van der Waals surface area contributed by atoms with Crippen molar-refractivity contribution in [2.24, 2.45) is 0 Å². The molecule has 0 aliphatic carbocycles. The molecule has 1 atom stereocenters. The summed E-state index contributed by atoms with van der Waals surface area (Å²) in [7, 11) is 3.25. The predicted molar refractivity (Wildman–Crippen MR) is 68.7 cm³/mol. The largest absolute Gasteiger partial charge is 0.493 e. The maximum absolute atomic E-state index is 5.82.